The summed E-state index contributed by atoms with van der Waals surface area (Å²) in [6.07, 6.45) is 1.98. The van der Waals surface area contributed by atoms with Gasteiger partial charge in [0.05, 0.1) is 13.7 Å². The summed E-state index contributed by atoms with van der Waals surface area (Å²) in [4.78, 5) is 36.2. The van der Waals surface area contributed by atoms with Crippen LogP contribution in [0.1, 0.15) is 32.6 Å². The first-order valence-corrected chi connectivity index (χ1v) is 6.13. The van der Waals surface area contributed by atoms with Gasteiger partial charge in [0.15, 0.2) is 0 Å². The molecule has 1 rings (SSSR count). The number of nitrogens with zero attached hydrogens (tertiary/aromatic N) is 1. The monoisotopic (exact) mass is 257 g/mol. The first kappa shape index (κ1) is 14.5. The van der Waals surface area contributed by atoms with Crippen LogP contribution in [0.15, 0.2) is 0 Å². The highest BCUT2D eigenvalue weighted by Gasteiger charge is 2.33. The van der Waals surface area contributed by atoms with Crippen LogP contribution in [0.3, 0.4) is 0 Å². The Labute approximate surface area is 106 Å². The molecular weight excluding hydrogens is 238 g/mol. The lowest BCUT2D eigenvalue weighted by Gasteiger charge is -2.33. The highest BCUT2D eigenvalue weighted by molar-refractivity contribution is 5.96. The highest BCUT2D eigenvalue weighted by Crippen LogP contribution is 2.19. The molecule has 0 spiro atoms. The zero-order valence-electron chi connectivity index (χ0n) is 10.8. The summed E-state index contributed by atoms with van der Waals surface area (Å²) in [7, 11) is 1.23. The Kier molecular flexibility index (Phi) is 5.61. The number of likely N-dealkylation sites (tertiary alicyclic amines) is 1. The van der Waals surface area contributed by atoms with E-state index in [0.717, 1.165) is 12.8 Å². The fourth-order valence-electron chi connectivity index (χ4n) is 2.01. The second-order valence-electron chi connectivity index (χ2n) is 4.10. The maximum atomic E-state index is 11.9. The fraction of sp³-hybridized carbons (Fsp3) is 0.750. The van der Waals surface area contributed by atoms with Gasteiger partial charge in [-0.15, -0.1) is 0 Å². The summed E-state index contributed by atoms with van der Waals surface area (Å²) in [5.41, 5.74) is 0. The maximum Gasteiger partial charge on any atom is 0.328 e. The molecule has 0 radical (unpaired) electrons. The van der Waals surface area contributed by atoms with Gasteiger partial charge in [-0.05, 0) is 26.2 Å². The second-order valence-corrected chi connectivity index (χ2v) is 4.10. The van der Waals surface area contributed by atoms with Crippen LogP contribution in [0.2, 0.25) is 0 Å². The van der Waals surface area contributed by atoms with E-state index in [2.05, 4.69) is 4.74 Å². The molecule has 0 aliphatic carbocycles. The lowest BCUT2D eigenvalue weighted by Crippen LogP contribution is -2.49. The van der Waals surface area contributed by atoms with Gasteiger partial charge in [-0.25, -0.2) is 4.79 Å². The van der Waals surface area contributed by atoms with Crippen molar-refractivity contribution < 1.29 is 23.9 Å². The van der Waals surface area contributed by atoms with Gasteiger partial charge in [-0.2, -0.15) is 0 Å². The van der Waals surface area contributed by atoms with Gasteiger partial charge in [-0.3, -0.25) is 9.59 Å². The van der Waals surface area contributed by atoms with E-state index in [1.165, 1.54) is 12.0 Å². The summed E-state index contributed by atoms with van der Waals surface area (Å²) < 4.78 is 9.40. The minimum Gasteiger partial charge on any atom is -0.469 e. The van der Waals surface area contributed by atoms with Crippen LogP contribution in [0.4, 0.5) is 0 Å². The van der Waals surface area contributed by atoms with Gasteiger partial charge in [0, 0.05) is 6.54 Å². The van der Waals surface area contributed by atoms with Crippen LogP contribution in [0, 0.1) is 0 Å². The van der Waals surface area contributed by atoms with E-state index in [-0.39, 0.29) is 18.9 Å². The smallest absolute Gasteiger partial charge is 0.328 e. The number of piperidine rings is 1. The van der Waals surface area contributed by atoms with Crippen LogP contribution in [0.5, 0.6) is 0 Å². The molecule has 6 heteroatoms. The molecular formula is C12H19NO5. The highest BCUT2D eigenvalue weighted by atomic mass is 16.5. The summed E-state index contributed by atoms with van der Waals surface area (Å²) in [5, 5.41) is 0. The van der Waals surface area contributed by atoms with Crippen molar-refractivity contribution in [1.29, 1.82) is 0 Å². The van der Waals surface area contributed by atoms with E-state index in [1.807, 2.05) is 0 Å². The van der Waals surface area contributed by atoms with E-state index >= 15 is 0 Å². The fourth-order valence-corrected chi connectivity index (χ4v) is 2.01. The SMILES string of the molecule is CCOC(=O)C1CCCCN1C(=O)CC(=O)OC. The maximum absolute atomic E-state index is 11.9. The molecule has 1 aliphatic heterocycles. The third kappa shape index (κ3) is 3.72. The Hall–Kier alpha value is -1.59. The second kappa shape index (κ2) is 6.98. The largest absolute Gasteiger partial charge is 0.469 e. The van der Waals surface area contributed by atoms with Crippen LogP contribution < -0.4 is 0 Å². The lowest BCUT2D eigenvalue weighted by atomic mass is 10.0. The predicted octanol–water partition coefficient (Wildman–Crippen LogP) is 0.494. The van der Waals surface area contributed by atoms with Crippen LogP contribution in [0.25, 0.3) is 0 Å². The molecule has 1 saturated heterocycles. The van der Waals surface area contributed by atoms with Crippen LogP contribution in [-0.2, 0) is 23.9 Å². The average Bonchev–Trinajstić information content (AvgIpc) is 2.38. The molecule has 0 bridgehead atoms. The Morgan fingerprint density at radius 1 is 1.28 bits per heavy atom. The Bertz CT molecular complexity index is 328. The number of ether oxygens (including phenoxy) is 2. The minimum absolute atomic E-state index is 0.286. The molecule has 1 atom stereocenters. The van der Waals surface area contributed by atoms with Gasteiger partial charge >= 0.3 is 11.9 Å². The molecule has 102 valence electrons. The topological polar surface area (TPSA) is 72.9 Å². The predicted molar refractivity (Wildman–Crippen MR) is 62.6 cm³/mol. The summed E-state index contributed by atoms with van der Waals surface area (Å²) in [5.74, 6) is -1.36. The van der Waals surface area contributed by atoms with Gasteiger partial charge in [0.1, 0.15) is 12.5 Å². The Morgan fingerprint density at radius 2 is 2.00 bits per heavy atom. The van der Waals surface area contributed by atoms with E-state index in [9.17, 15) is 14.4 Å². The molecule has 0 aromatic heterocycles. The molecule has 0 saturated carbocycles. The first-order chi connectivity index (χ1) is 8.60. The number of amides is 1. The lowest BCUT2D eigenvalue weighted by molar-refractivity contribution is -0.159. The number of carbonyl (C=O) groups excluding carboxylic acids is 3. The number of hydrogen-bond acceptors (Lipinski definition) is 5. The molecule has 0 N–H and O–H groups in total. The summed E-state index contributed by atoms with van der Waals surface area (Å²) >= 11 is 0. The molecule has 1 aliphatic rings. The molecule has 6 nitrogen and oxygen atoms in total. The van der Waals surface area contributed by atoms with Crippen molar-refractivity contribution in [3.63, 3.8) is 0 Å². The van der Waals surface area contributed by atoms with Crippen molar-refractivity contribution in [3.8, 4) is 0 Å². The first-order valence-electron chi connectivity index (χ1n) is 6.13. The zero-order chi connectivity index (χ0) is 13.5. The van der Waals surface area contributed by atoms with Gasteiger partial charge in [-0.1, -0.05) is 0 Å². The van der Waals surface area contributed by atoms with E-state index < -0.39 is 18.0 Å². The molecule has 1 unspecified atom stereocenters. The summed E-state index contributed by atoms with van der Waals surface area (Å²) in [6.45, 7) is 2.50. The zero-order valence-corrected chi connectivity index (χ0v) is 10.8. The van der Waals surface area contributed by atoms with Crippen molar-refractivity contribution in [1.82, 2.24) is 4.90 Å². The van der Waals surface area contributed by atoms with Crippen molar-refractivity contribution in [3.05, 3.63) is 0 Å². The van der Waals surface area contributed by atoms with E-state index in [4.69, 9.17) is 4.74 Å². The normalized spacial score (nSPS) is 19.2. The number of hydrogen-bond donors (Lipinski definition) is 0. The number of methoxy groups -OCH3 is 1. The van der Waals surface area contributed by atoms with Gasteiger partial charge in [0.2, 0.25) is 5.91 Å². The molecule has 0 aromatic carbocycles. The van der Waals surface area contributed by atoms with E-state index in [1.54, 1.807) is 6.92 Å². The van der Waals surface area contributed by atoms with Crippen LogP contribution >= 0.6 is 0 Å². The number of rotatable bonds is 4. The Balaban J connectivity index is 2.66. The third-order valence-electron chi connectivity index (χ3n) is 2.91. The van der Waals surface area contributed by atoms with Crippen molar-refractivity contribution >= 4 is 17.8 Å². The standard InChI is InChI=1S/C12H19NO5/c1-3-18-12(16)9-6-4-5-7-13(9)10(14)8-11(15)17-2/h9H,3-8H2,1-2H3. The van der Waals surface area contributed by atoms with Crippen molar-refractivity contribution in [2.24, 2.45) is 0 Å². The number of esters is 2. The molecule has 18 heavy (non-hydrogen) atoms. The molecule has 1 fully saturated rings. The quantitative estimate of drug-likeness (QED) is 0.541. The van der Waals surface area contributed by atoms with Gasteiger partial charge < -0.3 is 14.4 Å². The van der Waals surface area contributed by atoms with Gasteiger partial charge in [0.25, 0.3) is 0 Å². The molecule has 1 heterocycles. The molecule has 1 amide bonds. The van der Waals surface area contributed by atoms with E-state index in [0.29, 0.717) is 13.0 Å². The minimum atomic E-state index is -0.590. The van der Waals surface area contributed by atoms with Crippen molar-refractivity contribution in [2.75, 3.05) is 20.3 Å². The van der Waals surface area contributed by atoms with Crippen LogP contribution in [-0.4, -0.2) is 49.0 Å². The summed E-state index contributed by atoms with van der Waals surface area (Å²) in [6, 6.07) is -0.559. The Morgan fingerprint density at radius 3 is 2.61 bits per heavy atom. The third-order valence-corrected chi connectivity index (χ3v) is 2.91. The molecule has 0 aromatic rings. The number of carbonyl (C=O) groups is 3. The average molecular weight is 257 g/mol. The van der Waals surface area contributed by atoms with Crippen molar-refractivity contribution in [2.45, 2.75) is 38.6 Å².